The van der Waals surface area contributed by atoms with Crippen LogP contribution in [0.3, 0.4) is 0 Å². The van der Waals surface area contributed by atoms with E-state index in [4.69, 9.17) is 4.52 Å². The van der Waals surface area contributed by atoms with E-state index in [2.05, 4.69) is 29.3 Å². The molecule has 3 rings (SSSR count). The highest BCUT2D eigenvalue weighted by Gasteiger charge is 2.13. The third kappa shape index (κ3) is 4.58. The summed E-state index contributed by atoms with van der Waals surface area (Å²) in [6, 6.07) is 12.1. The molecule has 5 nitrogen and oxygen atoms in total. The van der Waals surface area contributed by atoms with Gasteiger partial charge in [-0.05, 0) is 36.1 Å². The summed E-state index contributed by atoms with van der Waals surface area (Å²) >= 11 is 0. The number of anilines is 1. The second kappa shape index (κ2) is 8.58. The molecule has 0 bridgehead atoms. The molecular formula is C21H22FN3O2. The Morgan fingerprint density at radius 1 is 1.11 bits per heavy atom. The second-order valence-electron chi connectivity index (χ2n) is 6.23. The number of benzene rings is 2. The molecule has 0 spiro atoms. The molecule has 0 radical (unpaired) electrons. The Hall–Kier alpha value is -3.02. The first kappa shape index (κ1) is 18.8. The number of nitrogens with one attached hydrogen (secondary N) is 1. The van der Waals surface area contributed by atoms with Gasteiger partial charge < -0.3 is 9.84 Å². The van der Waals surface area contributed by atoms with Gasteiger partial charge in [-0.15, -0.1) is 0 Å². The Kier molecular flexibility index (Phi) is 5.96. The number of hydrogen-bond donors (Lipinski definition) is 1. The fraction of sp³-hybridized carbons (Fsp3) is 0.286. The van der Waals surface area contributed by atoms with Crippen LogP contribution >= 0.6 is 0 Å². The lowest BCUT2D eigenvalue weighted by molar-refractivity contribution is -0.116. The van der Waals surface area contributed by atoms with E-state index in [1.165, 1.54) is 12.1 Å². The van der Waals surface area contributed by atoms with Crippen LogP contribution in [0.5, 0.6) is 0 Å². The highest BCUT2D eigenvalue weighted by molar-refractivity contribution is 5.92. The van der Waals surface area contributed by atoms with Crippen molar-refractivity contribution in [2.75, 3.05) is 5.32 Å². The van der Waals surface area contributed by atoms with Gasteiger partial charge in [0.1, 0.15) is 5.82 Å². The van der Waals surface area contributed by atoms with Crippen molar-refractivity contribution in [1.29, 1.82) is 0 Å². The largest absolute Gasteiger partial charge is 0.339 e. The number of aromatic nitrogens is 2. The van der Waals surface area contributed by atoms with Gasteiger partial charge in [-0.2, -0.15) is 4.98 Å². The monoisotopic (exact) mass is 367 g/mol. The van der Waals surface area contributed by atoms with Gasteiger partial charge in [-0.25, -0.2) is 4.39 Å². The topological polar surface area (TPSA) is 68.0 Å². The van der Waals surface area contributed by atoms with E-state index in [1.807, 2.05) is 18.2 Å². The predicted molar refractivity (Wildman–Crippen MR) is 102 cm³/mol. The van der Waals surface area contributed by atoms with E-state index in [1.54, 1.807) is 12.1 Å². The molecule has 1 N–H and O–H groups in total. The number of carbonyl (C=O) groups is 1. The van der Waals surface area contributed by atoms with Crippen molar-refractivity contribution in [2.45, 2.75) is 39.5 Å². The standard InChI is InChI=1S/C21H22FN3O2/c1-3-14-7-5-8-15(4-2)20(14)23-18(26)11-12-19-24-21(25-27-19)16-9-6-10-17(22)13-16/h5-10,13H,3-4,11-12H2,1-2H3,(H,23,26). The molecule has 6 heteroatoms. The van der Waals surface area contributed by atoms with Crippen LogP contribution in [0.15, 0.2) is 47.0 Å². The molecule has 0 unspecified atom stereocenters. The van der Waals surface area contributed by atoms with Gasteiger partial charge in [0.25, 0.3) is 0 Å². The molecule has 1 heterocycles. The molecule has 0 atom stereocenters. The zero-order valence-electron chi connectivity index (χ0n) is 15.5. The minimum Gasteiger partial charge on any atom is -0.339 e. The van der Waals surface area contributed by atoms with E-state index in [9.17, 15) is 9.18 Å². The first-order valence-electron chi connectivity index (χ1n) is 9.09. The summed E-state index contributed by atoms with van der Waals surface area (Å²) in [7, 11) is 0. The summed E-state index contributed by atoms with van der Waals surface area (Å²) in [6.45, 7) is 4.13. The van der Waals surface area contributed by atoms with E-state index in [0.29, 0.717) is 23.7 Å². The summed E-state index contributed by atoms with van der Waals surface area (Å²) in [5.74, 6) is 0.203. The SMILES string of the molecule is CCc1cccc(CC)c1NC(=O)CCc1nc(-c2cccc(F)c2)no1. The van der Waals surface area contributed by atoms with E-state index < -0.39 is 0 Å². The van der Waals surface area contributed by atoms with Gasteiger partial charge in [-0.3, -0.25) is 4.79 Å². The zero-order valence-corrected chi connectivity index (χ0v) is 15.5. The molecule has 0 aliphatic heterocycles. The Labute approximate surface area is 157 Å². The number of halogens is 1. The Morgan fingerprint density at radius 3 is 2.48 bits per heavy atom. The maximum atomic E-state index is 13.3. The number of para-hydroxylation sites is 1. The van der Waals surface area contributed by atoms with Crippen LogP contribution in [-0.2, 0) is 24.1 Å². The van der Waals surface area contributed by atoms with Crippen LogP contribution in [0.25, 0.3) is 11.4 Å². The predicted octanol–water partition coefficient (Wildman–Crippen LogP) is 4.57. The third-order valence-corrected chi connectivity index (χ3v) is 4.38. The van der Waals surface area contributed by atoms with E-state index in [-0.39, 0.29) is 18.1 Å². The average Bonchev–Trinajstić information content (AvgIpc) is 3.15. The van der Waals surface area contributed by atoms with Crippen molar-refractivity contribution in [1.82, 2.24) is 10.1 Å². The first-order valence-corrected chi connectivity index (χ1v) is 9.09. The van der Waals surface area contributed by atoms with Crippen molar-refractivity contribution in [3.8, 4) is 11.4 Å². The zero-order chi connectivity index (χ0) is 19.2. The van der Waals surface area contributed by atoms with Gasteiger partial charge >= 0.3 is 0 Å². The normalized spacial score (nSPS) is 10.8. The smallest absolute Gasteiger partial charge is 0.227 e. The van der Waals surface area contributed by atoms with Crippen molar-refractivity contribution in [3.05, 3.63) is 65.3 Å². The molecule has 1 aromatic heterocycles. The van der Waals surface area contributed by atoms with Gasteiger partial charge in [-0.1, -0.05) is 49.3 Å². The quantitative estimate of drug-likeness (QED) is 0.664. The molecule has 1 amide bonds. The maximum Gasteiger partial charge on any atom is 0.227 e. The number of amides is 1. The molecule has 0 aliphatic carbocycles. The number of nitrogens with zero attached hydrogens (tertiary/aromatic N) is 2. The Balaban J connectivity index is 1.64. The molecule has 2 aromatic carbocycles. The van der Waals surface area contributed by atoms with Crippen LogP contribution < -0.4 is 5.32 Å². The van der Waals surface area contributed by atoms with E-state index in [0.717, 1.165) is 29.7 Å². The molecule has 140 valence electrons. The van der Waals surface area contributed by atoms with Crippen LogP contribution in [0.4, 0.5) is 10.1 Å². The van der Waals surface area contributed by atoms with Crippen LogP contribution in [0.1, 0.15) is 37.3 Å². The van der Waals surface area contributed by atoms with Crippen molar-refractivity contribution >= 4 is 11.6 Å². The molecule has 3 aromatic rings. The van der Waals surface area contributed by atoms with Crippen molar-refractivity contribution in [3.63, 3.8) is 0 Å². The van der Waals surface area contributed by atoms with Gasteiger partial charge in [0, 0.05) is 24.1 Å². The summed E-state index contributed by atoms with van der Waals surface area (Å²) in [6.07, 6.45) is 2.25. The number of aryl methyl sites for hydroxylation is 3. The maximum absolute atomic E-state index is 13.3. The summed E-state index contributed by atoms with van der Waals surface area (Å²) < 4.78 is 18.5. The summed E-state index contributed by atoms with van der Waals surface area (Å²) in [4.78, 5) is 16.6. The molecule has 0 aliphatic rings. The lowest BCUT2D eigenvalue weighted by Gasteiger charge is -2.14. The Morgan fingerprint density at radius 2 is 1.81 bits per heavy atom. The lowest BCUT2D eigenvalue weighted by atomic mass is 10.0. The second-order valence-corrected chi connectivity index (χ2v) is 6.23. The molecule has 0 saturated carbocycles. The fourth-order valence-electron chi connectivity index (χ4n) is 2.93. The van der Waals surface area contributed by atoms with Gasteiger partial charge in [0.05, 0.1) is 0 Å². The molecule has 27 heavy (non-hydrogen) atoms. The third-order valence-electron chi connectivity index (χ3n) is 4.38. The summed E-state index contributed by atoms with van der Waals surface area (Å²) in [5, 5.41) is 6.88. The van der Waals surface area contributed by atoms with Crippen molar-refractivity contribution < 1.29 is 13.7 Å². The molecule has 0 fully saturated rings. The minimum atomic E-state index is -0.362. The lowest BCUT2D eigenvalue weighted by Crippen LogP contribution is -2.15. The average molecular weight is 367 g/mol. The fourth-order valence-corrected chi connectivity index (χ4v) is 2.93. The van der Waals surface area contributed by atoms with E-state index >= 15 is 0 Å². The van der Waals surface area contributed by atoms with Gasteiger partial charge in [0.15, 0.2) is 0 Å². The highest BCUT2D eigenvalue weighted by atomic mass is 19.1. The minimum absolute atomic E-state index is 0.101. The molecular weight excluding hydrogens is 345 g/mol. The first-order chi connectivity index (χ1) is 13.1. The van der Waals surface area contributed by atoms with Crippen LogP contribution in [0.2, 0.25) is 0 Å². The van der Waals surface area contributed by atoms with Crippen molar-refractivity contribution in [2.24, 2.45) is 0 Å². The Bertz CT molecular complexity index is 914. The number of carbonyl (C=O) groups excluding carboxylic acids is 1. The molecule has 0 saturated heterocycles. The summed E-state index contributed by atoms with van der Waals surface area (Å²) in [5.41, 5.74) is 3.68. The number of rotatable bonds is 7. The number of hydrogen-bond acceptors (Lipinski definition) is 4. The van der Waals surface area contributed by atoms with Crippen LogP contribution in [0, 0.1) is 5.82 Å². The van der Waals surface area contributed by atoms with Gasteiger partial charge in [0.2, 0.25) is 17.6 Å². The highest BCUT2D eigenvalue weighted by Crippen LogP contribution is 2.23. The van der Waals surface area contributed by atoms with Crippen LogP contribution in [-0.4, -0.2) is 16.0 Å².